The van der Waals surface area contributed by atoms with Crippen LogP contribution in [-0.4, -0.2) is 63.2 Å². The van der Waals surface area contributed by atoms with E-state index in [0.29, 0.717) is 19.6 Å². The molecule has 24 heavy (non-hydrogen) atoms. The summed E-state index contributed by atoms with van der Waals surface area (Å²) in [4.78, 5) is 31.3. The van der Waals surface area contributed by atoms with E-state index in [1.807, 2.05) is 24.0 Å². The summed E-state index contributed by atoms with van der Waals surface area (Å²) in [6, 6.07) is 3.07. The van der Waals surface area contributed by atoms with Crippen molar-refractivity contribution in [1.29, 1.82) is 0 Å². The molecule has 0 aliphatic carbocycles. The van der Waals surface area contributed by atoms with Crippen LogP contribution in [-0.2, 0) is 16.1 Å². The fraction of sp³-hybridized carbons (Fsp3) is 0.588. The van der Waals surface area contributed by atoms with E-state index in [-0.39, 0.29) is 6.54 Å². The molecule has 1 atom stereocenters. The van der Waals surface area contributed by atoms with E-state index in [0.717, 1.165) is 11.3 Å². The molecular formula is C17H25N3O4. The van der Waals surface area contributed by atoms with Crippen molar-refractivity contribution in [2.24, 2.45) is 0 Å². The molecule has 0 aromatic carbocycles. The Morgan fingerprint density at radius 1 is 1.38 bits per heavy atom. The Bertz CT molecular complexity index is 612. The third-order valence-electron chi connectivity index (χ3n) is 3.77. The first-order valence-electron chi connectivity index (χ1n) is 8.02. The number of carbonyl (C=O) groups is 2. The van der Waals surface area contributed by atoms with Crippen LogP contribution in [0.4, 0.5) is 4.79 Å². The largest absolute Gasteiger partial charge is 0.480 e. The molecule has 132 valence electrons. The van der Waals surface area contributed by atoms with Gasteiger partial charge in [0.1, 0.15) is 11.6 Å². The van der Waals surface area contributed by atoms with Crippen LogP contribution in [0.5, 0.6) is 0 Å². The summed E-state index contributed by atoms with van der Waals surface area (Å²) < 4.78 is 5.34. The highest BCUT2D eigenvalue weighted by atomic mass is 16.6. The topological polar surface area (TPSA) is 83.0 Å². The molecule has 1 aromatic heterocycles. The molecule has 2 heterocycles. The van der Waals surface area contributed by atoms with Crippen LogP contribution in [0.25, 0.3) is 0 Å². The lowest BCUT2D eigenvalue weighted by atomic mass is 10.1. The average molecular weight is 335 g/mol. The Labute approximate surface area is 142 Å². The summed E-state index contributed by atoms with van der Waals surface area (Å²) in [6.07, 6.45) is 1.25. The lowest BCUT2D eigenvalue weighted by Crippen LogP contribution is -2.57. The third-order valence-corrected chi connectivity index (χ3v) is 3.77. The van der Waals surface area contributed by atoms with Gasteiger partial charge in [-0.15, -0.1) is 0 Å². The molecule has 1 fully saturated rings. The van der Waals surface area contributed by atoms with Gasteiger partial charge in [0.05, 0.1) is 6.54 Å². The number of carboxylic acids is 1. The van der Waals surface area contributed by atoms with E-state index in [1.165, 1.54) is 4.90 Å². The van der Waals surface area contributed by atoms with E-state index < -0.39 is 23.7 Å². The van der Waals surface area contributed by atoms with Crippen LogP contribution in [0.15, 0.2) is 18.3 Å². The molecule has 1 N–H and O–H groups in total. The van der Waals surface area contributed by atoms with Gasteiger partial charge >= 0.3 is 12.1 Å². The fourth-order valence-corrected chi connectivity index (χ4v) is 2.67. The second-order valence-electron chi connectivity index (χ2n) is 7.06. The quantitative estimate of drug-likeness (QED) is 0.908. The van der Waals surface area contributed by atoms with Crippen LogP contribution < -0.4 is 0 Å². The van der Waals surface area contributed by atoms with Gasteiger partial charge in [-0.3, -0.25) is 14.7 Å². The maximum absolute atomic E-state index is 12.2. The van der Waals surface area contributed by atoms with Crippen molar-refractivity contribution in [2.45, 2.75) is 45.9 Å². The van der Waals surface area contributed by atoms with Gasteiger partial charge in [-0.25, -0.2) is 4.79 Å². The number of piperazine rings is 1. The number of rotatable bonds is 3. The second kappa shape index (κ2) is 7.17. The predicted octanol–water partition coefficient (Wildman–Crippen LogP) is 1.90. The van der Waals surface area contributed by atoms with E-state index in [9.17, 15) is 14.7 Å². The van der Waals surface area contributed by atoms with Crippen molar-refractivity contribution in [1.82, 2.24) is 14.8 Å². The summed E-state index contributed by atoms with van der Waals surface area (Å²) in [5, 5.41) is 9.54. The maximum Gasteiger partial charge on any atom is 0.410 e. The Balaban J connectivity index is 2.05. The van der Waals surface area contributed by atoms with Gasteiger partial charge in [0.2, 0.25) is 0 Å². The number of hydrogen-bond acceptors (Lipinski definition) is 5. The van der Waals surface area contributed by atoms with Crippen molar-refractivity contribution in [3.63, 3.8) is 0 Å². The first-order valence-corrected chi connectivity index (χ1v) is 8.02. The molecule has 0 unspecified atom stereocenters. The Hall–Kier alpha value is -2.15. The molecular weight excluding hydrogens is 310 g/mol. The van der Waals surface area contributed by atoms with Crippen LogP contribution in [0, 0.1) is 6.92 Å². The van der Waals surface area contributed by atoms with Crippen LogP contribution in [0.2, 0.25) is 0 Å². The average Bonchev–Trinajstić information content (AvgIpc) is 2.45. The monoisotopic (exact) mass is 335 g/mol. The van der Waals surface area contributed by atoms with Crippen LogP contribution in [0.3, 0.4) is 0 Å². The maximum atomic E-state index is 12.2. The van der Waals surface area contributed by atoms with Gasteiger partial charge in [0.15, 0.2) is 0 Å². The highest BCUT2D eigenvalue weighted by Gasteiger charge is 2.35. The molecule has 7 nitrogen and oxygen atoms in total. The van der Waals surface area contributed by atoms with E-state index in [2.05, 4.69) is 4.98 Å². The summed E-state index contributed by atoms with van der Waals surface area (Å²) in [7, 11) is 0. The Kier molecular flexibility index (Phi) is 5.43. The summed E-state index contributed by atoms with van der Waals surface area (Å²) in [6.45, 7) is 8.85. The number of aryl methyl sites for hydroxylation is 1. The minimum absolute atomic E-state index is 0.119. The highest BCUT2D eigenvalue weighted by molar-refractivity contribution is 5.76. The first-order chi connectivity index (χ1) is 11.2. The molecule has 0 saturated carbocycles. The minimum atomic E-state index is -0.936. The zero-order valence-corrected chi connectivity index (χ0v) is 14.7. The lowest BCUT2D eigenvalue weighted by Gasteiger charge is -2.39. The number of pyridine rings is 1. The predicted molar refractivity (Wildman–Crippen MR) is 88.6 cm³/mol. The number of carbonyl (C=O) groups excluding carboxylic acids is 1. The normalized spacial score (nSPS) is 19.2. The molecule has 0 bridgehead atoms. The molecule has 1 aliphatic heterocycles. The summed E-state index contributed by atoms with van der Waals surface area (Å²) in [5.41, 5.74) is 1.31. The number of carboxylic acid groups (broad SMARTS) is 1. The van der Waals surface area contributed by atoms with Crippen LogP contribution in [0.1, 0.15) is 32.0 Å². The zero-order valence-electron chi connectivity index (χ0n) is 14.7. The van der Waals surface area contributed by atoms with Crippen molar-refractivity contribution in [3.05, 3.63) is 29.6 Å². The molecule has 2 rings (SSSR count). The SMILES string of the molecule is Cc1cc(CN2CCN(C(=O)OC(C)(C)C)C[C@H]2C(=O)O)ccn1. The minimum Gasteiger partial charge on any atom is -0.480 e. The number of amides is 1. The highest BCUT2D eigenvalue weighted by Crippen LogP contribution is 2.17. The zero-order chi connectivity index (χ0) is 17.9. The lowest BCUT2D eigenvalue weighted by molar-refractivity contribution is -0.145. The van der Waals surface area contributed by atoms with Crippen molar-refractivity contribution in [2.75, 3.05) is 19.6 Å². The number of nitrogens with zero attached hydrogens (tertiary/aromatic N) is 3. The van der Waals surface area contributed by atoms with Crippen molar-refractivity contribution in [3.8, 4) is 0 Å². The number of hydrogen-bond donors (Lipinski definition) is 1. The van der Waals surface area contributed by atoms with Gasteiger partial charge in [0, 0.05) is 31.5 Å². The Morgan fingerprint density at radius 2 is 2.08 bits per heavy atom. The summed E-state index contributed by atoms with van der Waals surface area (Å²) >= 11 is 0. The standard InChI is InChI=1S/C17H25N3O4/c1-12-9-13(5-6-18-12)10-19-7-8-20(11-14(19)15(21)22)16(23)24-17(2,3)4/h5-6,9,14H,7-8,10-11H2,1-4H3,(H,21,22)/t14-/m0/s1. The Morgan fingerprint density at radius 3 is 2.67 bits per heavy atom. The second-order valence-corrected chi connectivity index (χ2v) is 7.06. The third kappa shape index (κ3) is 4.92. The number of ether oxygens (including phenoxy) is 1. The van der Waals surface area contributed by atoms with Gasteiger partial charge < -0.3 is 14.7 Å². The molecule has 7 heteroatoms. The number of aliphatic carboxylic acids is 1. The molecule has 1 amide bonds. The number of aromatic nitrogens is 1. The first kappa shape index (κ1) is 18.2. The van der Waals surface area contributed by atoms with E-state index >= 15 is 0 Å². The molecule has 0 spiro atoms. The molecule has 1 aromatic rings. The van der Waals surface area contributed by atoms with Gasteiger partial charge in [0.25, 0.3) is 0 Å². The van der Waals surface area contributed by atoms with Crippen molar-refractivity contribution < 1.29 is 19.4 Å². The molecule has 1 aliphatic rings. The van der Waals surface area contributed by atoms with Crippen molar-refractivity contribution >= 4 is 12.1 Å². The fourth-order valence-electron chi connectivity index (χ4n) is 2.67. The smallest absolute Gasteiger partial charge is 0.410 e. The molecule has 1 saturated heterocycles. The van der Waals surface area contributed by atoms with Gasteiger partial charge in [-0.1, -0.05) is 0 Å². The van der Waals surface area contributed by atoms with E-state index in [4.69, 9.17) is 4.74 Å². The summed E-state index contributed by atoms with van der Waals surface area (Å²) in [5.74, 6) is -0.936. The van der Waals surface area contributed by atoms with Gasteiger partial charge in [-0.05, 0) is 45.4 Å². The van der Waals surface area contributed by atoms with E-state index in [1.54, 1.807) is 27.0 Å². The van der Waals surface area contributed by atoms with Gasteiger partial charge in [-0.2, -0.15) is 0 Å². The molecule has 0 radical (unpaired) electrons. The van der Waals surface area contributed by atoms with Crippen LogP contribution >= 0.6 is 0 Å².